The molecule has 0 rings (SSSR count). The number of hydrogen-bond donors (Lipinski definition) is 3. The minimum Gasteiger partial charge on any atom is -0.481 e. The summed E-state index contributed by atoms with van der Waals surface area (Å²) >= 11 is 0. The van der Waals surface area contributed by atoms with E-state index >= 15 is 0 Å². The maximum absolute atomic E-state index is 11.6. The van der Waals surface area contributed by atoms with Gasteiger partial charge in [-0.25, -0.2) is 4.79 Å². The van der Waals surface area contributed by atoms with Crippen LogP contribution in [0.4, 0.5) is 0 Å². The molecular formula is C19H34O7. The van der Waals surface area contributed by atoms with E-state index < -0.39 is 36.4 Å². The monoisotopic (exact) mass is 374 g/mol. The van der Waals surface area contributed by atoms with E-state index in [9.17, 15) is 19.5 Å². The van der Waals surface area contributed by atoms with Gasteiger partial charge in [0.2, 0.25) is 0 Å². The van der Waals surface area contributed by atoms with E-state index in [-0.39, 0.29) is 6.61 Å². The van der Waals surface area contributed by atoms with Crippen molar-refractivity contribution in [2.45, 2.75) is 90.1 Å². The van der Waals surface area contributed by atoms with Crippen LogP contribution in [0.3, 0.4) is 0 Å². The number of carbonyl (C=O) groups is 3. The maximum Gasteiger partial charge on any atom is 0.335 e. The normalized spacial score (nSPS) is 13.2. The van der Waals surface area contributed by atoms with Crippen molar-refractivity contribution in [1.29, 1.82) is 0 Å². The van der Waals surface area contributed by atoms with Crippen LogP contribution in [-0.2, 0) is 19.1 Å². The lowest BCUT2D eigenvalue weighted by Crippen LogP contribution is -2.37. The Morgan fingerprint density at radius 1 is 0.808 bits per heavy atom. The van der Waals surface area contributed by atoms with Crippen LogP contribution in [-0.4, -0.2) is 45.9 Å². The van der Waals surface area contributed by atoms with E-state index in [1.54, 1.807) is 0 Å². The zero-order chi connectivity index (χ0) is 19.8. The number of aliphatic carboxylic acids is 2. The summed E-state index contributed by atoms with van der Waals surface area (Å²) in [7, 11) is 0. The number of unbranched alkanes of at least 4 members (excludes halogenated alkanes) is 10. The van der Waals surface area contributed by atoms with Crippen molar-refractivity contribution in [3.05, 3.63) is 0 Å². The summed E-state index contributed by atoms with van der Waals surface area (Å²) in [6.45, 7) is 2.31. The number of carboxylic acids is 2. The number of esters is 1. The van der Waals surface area contributed by atoms with Crippen molar-refractivity contribution in [1.82, 2.24) is 0 Å². The molecule has 2 unspecified atom stereocenters. The topological polar surface area (TPSA) is 121 Å². The highest BCUT2D eigenvalue weighted by Crippen LogP contribution is 2.13. The number of aliphatic hydroxyl groups is 1. The van der Waals surface area contributed by atoms with Crippen molar-refractivity contribution in [3.63, 3.8) is 0 Å². The molecule has 0 aliphatic rings. The molecule has 0 saturated carbocycles. The molecule has 0 spiro atoms. The molecule has 0 amide bonds. The highest BCUT2D eigenvalue weighted by atomic mass is 16.5. The summed E-state index contributed by atoms with van der Waals surface area (Å²) < 4.78 is 4.85. The van der Waals surface area contributed by atoms with Crippen molar-refractivity contribution in [2.75, 3.05) is 6.61 Å². The molecule has 0 aromatic heterocycles. The second-order valence-corrected chi connectivity index (χ2v) is 6.69. The Kier molecular flexibility index (Phi) is 14.6. The highest BCUT2D eigenvalue weighted by molar-refractivity contribution is 5.85. The van der Waals surface area contributed by atoms with Crippen LogP contribution in [0.1, 0.15) is 84.0 Å². The van der Waals surface area contributed by atoms with E-state index in [0.717, 1.165) is 19.3 Å². The lowest BCUT2D eigenvalue weighted by molar-refractivity contribution is -0.166. The lowest BCUT2D eigenvalue weighted by Gasteiger charge is -2.16. The summed E-state index contributed by atoms with van der Waals surface area (Å²) in [6, 6.07) is 0. The van der Waals surface area contributed by atoms with Crippen LogP contribution in [0, 0.1) is 5.92 Å². The predicted octanol–water partition coefficient (Wildman–Crippen LogP) is 3.38. The van der Waals surface area contributed by atoms with Gasteiger partial charge < -0.3 is 20.1 Å². The van der Waals surface area contributed by atoms with Crippen LogP contribution in [0.25, 0.3) is 0 Å². The van der Waals surface area contributed by atoms with E-state index in [4.69, 9.17) is 14.9 Å². The summed E-state index contributed by atoms with van der Waals surface area (Å²) in [5, 5.41) is 27.2. The van der Waals surface area contributed by atoms with Crippen LogP contribution in [0.15, 0.2) is 0 Å². The lowest BCUT2D eigenvalue weighted by atomic mass is 9.99. The molecule has 0 saturated heterocycles. The summed E-state index contributed by atoms with van der Waals surface area (Å²) in [5.41, 5.74) is 0. The summed E-state index contributed by atoms with van der Waals surface area (Å²) in [4.78, 5) is 33.1. The molecule has 26 heavy (non-hydrogen) atoms. The third-order valence-electron chi connectivity index (χ3n) is 4.33. The maximum atomic E-state index is 11.6. The molecule has 0 bridgehead atoms. The molecule has 0 aliphatic carbocycles. The molecule has 152 valence electrons. The van der Waals surface area contributed by atoms with E-state index in [0.29, 0.717) is 6.42 Å². The SMILES string of the molecule is CCCCCCCCCCCCCOC(=O)C(O)C(CC(=O)O)C(=O)O. The Morgan fingerprint density at radius 2 is 1.27 bits per heavy atom. The Bertz CT molecular complexity index is 409. The first-order chi connectivity index (χ1) is 12.4. The Hall–Kier alpha value is -1.63. The molecule has 7 nitrogen and oxygen atoms in total. The van der Waals surface area contributed by atoms with Gasteiger partial charge in [-0.2, -0.15) is 0 Å². The molecule has 0 aromatic carbocycles. The van der Waals surface area contributed by atoms with Gasteiger partial charge in [-0.3, -0.25) is 9.59 Å². The minimum atomic E-state index is -1.96. The van der Waals surface area contributed by atoms with Crippen LogP contribution >= 0.6 is 0 Å². The standard InChI is InChI=1S/C19H34O7/c1-2-3-4-5-6-7-8-9-10-11-12-13-26-19(25)17(22)15(18(23)24)14-16(20)21/h15,17,22H,2-14H2,1H3,(H,20,21)(H,23,24). The first kappa shape index (κ1) is 24.4. The Labute approximate surface area is 155 Å². The average Bonchev–Trinajstić information content (AvgIpc) is 2.59. The molecule has 0 aromatic rings. The second kappa shape index (κ2) is 15.6. The number of aliphatic hydroxyl groups excluding tert-OH is 1. The first-order valence-electron chi connectivity index (χ1n) is 9.69. The molecule has 0 fully saturated rings. The fraction of sp³-hybridized carbons (Fsp3) is 0.842. The van der Waals surface area contributed by atoms with E-state index in [1.807, 2.05) is 0 Å². The van der Waals surface area contributed by atoms with Crippen molar-refractivity contribution in [3.8, 4) is 0 Å². The van der Waals surface area contributed by atoms with Gasteiger partial charge in [0.05, 0.1) is 13.0 Å². The van der Waals surface area contributed by atoms with Crippen molar-refractivity contribution in [2.24, 2.45) is 5.92 Å². The number of carboxylic acid groups (broad SMARTS) is 2. The van der Waals surface area contributed by atoms with Gasteiger partial charge in [0.1, 0.15) is 5.92 Å². The summed E-state index contributed by atoms with van der Waals surface area (Å²) in [5.74, 6) is -5.70. The zero-order valence-corrected chi connectivity index (χ0v) is 15.8. The molecule has 0 radical (unpaired) electrons. The predicted molar refractivity (Wildman–Crippen MR) is 96.8 cm³/mol. The molecular weight excluding hydrogens is 340 g/mol. The number of ether oxygens (including phenoxy) is 1. The smallest absolute Gasteiger partial charge is 0.335 e. The number of rotatable bonds is 17. The fourth-order valence-electron chi connectivity index (χ4n) is 2.71. The minimum absolute atomic E-state index is 0.103. The quantitative estimate of drug-likeness (QED) is 0.263. The van der Waals surface area contributed by atoms with Crippen molar-refractivity contribution >= 4 is 17.9 Å². The van der Waals surface area contributed by atoms with Gasteiger partial charge in [0.25, 0.3) is 0 Å². The average molecular weight is 374 g/mol. The Balaban J connectivity index is 3.69. The van der Waals surface area contributed by atoms with Gasteiger partial charge in [0, 0.05) is 0 Å². The van der Waals surface area contributed by atoms with E-state index in [1.165, 1.54) is 44.9 Å². The van der Waals surface area contributed by atoms with E-state index in [2.05, 4.69) is 6.92 Å². The fourth-order valence-corrected chi connectivity index (χ4v) is 2.71. The molecule has 2 atom stereocenters. The van der Waals surface area contributed by atoms with Gasteiger partial charge in [-0.05, 0) is 6.42 Å². The Morgan fingerprint density at radius 3 is 1.69 bits per heavy atom. The molecule has 3 N–H and O–H groups in total. The summed E-state index contributed by atoms with van der Waals surface area (Å²) in [6.07, 6.45) is 9.91. The zero-order valence-electron chi connectivity index (χ0n) is 15.8. The molecule has 0 heterocycles. The first-order valence-corrected chi connectivity index (χ1v) is 9.69. The van der Waals surface area contributed by atoms with Crippen molar-refractivity contribution < 1.29 is 34.4 Å². The van der Waals surface area contributed by atoms with Gasteiger partial charge >= 0.3 is 17.9 Å². The van der Waals surface area contributed by atoms with Crippen LogP contribution in [0.2, 0.25) is 0 Å². The van der Waals surface area contributed by atoms with Crippen LogP contribution < -0.4 is 0 Å². The molecule has 7 heteroatoms. The third kappa shape index (κ3) is 12.7. The number of carbonyl (C=O) groups excluding carboxylic acids is 1. The second-order valence-electron chi connectivity index (χ2n) is 6.69. The van der Waals surface area contributed by atoms with Crippen LogP contribution in [0.5, 0.6) is 0 Å². The third-order valence-corrected chi connectivity index (χ3v) is 4.33. The molecule has 0 aliphatic heterocycles. The van der Waals surface area contributed by atoms with Gasteiger partial charge in [-0.1, -0.05) is 71.1 Å². The van der Waals surface area contributed by atoms with Gasteiger partial charge in [0.15, 0.2) is 6.10 Å². The van der Waals surface area contributed by atoms with Gasteiger partial charge in [-0.15, -0.1) is 0 Å². The number of hydrogen-bond acceptors (Lipinski definition) is 5. The largest absolute Gasteiger partial charge is 0.481 e. The highest BCUT2D eigenvalue weighted by Gasteiger charge is 2.35.